The van der Waals surface area contributed by atoms with Gasteiger partial charge < -0.3 is 24.2 Å². The lowest BCUT2D eigenvalue weighted by Gasteiger charge is -2.43. The van der Waals surface area contributed by atoms with Crippen molar-refractivity contribution in [2.75, 3.05) is 54.0 Å². The number of nitrogens with zero attached hydrogens (tertiary/aromatic N) is 3. The smallest absolute Gasteiger partial charge is 0.254 e. The van der Waals surface area contributed by atoms with Crippen molar-refractivity contribution in [3.63, 3.8) is 0 Å². The fourth-order valence-corrected chi connectivity index (χ4v) is 4.90. The quantitative estimate of drug-likeness (QED) is 0.694. The fourth-order valence-electron chi connectivity index (χ4n) is 4.90. The molecular weight excluding hydrogens is 425 g/mol. The molecule has 1 fully saturated rings. The Hall–Kier alpha value is -3.13. The minimum atomic E-state index is -0.777. The molecule has 2 unspecified atom stereocenters. The van der Waals surface area contributed by atoms with Crippen LogP contribution in [-0.4, -0.2) is 80.5 Å². The summed E-state index contributed by atoms with van der Waals surface area (Å²) in [5.74, 6) is -0.794. The van der Waals surface area contributed by atoms with Gasteiger partial charge in [0.05, 0.1) is 26.2 Å². The van der Waals surface area contributed by atoms with Crippen molar-refractivity contribution in [3.8, 4) is 11.5 Å². The van der Waals surface area contributed by atoms with E-state index in [1.807, 2.05) is 4.90 Å². The third kappa shape index (κ3) is 4.04. The van der Waals surface area contributed by atoms with Gasteiger partial charge in [0.15, 0.2) is 11.5 Å². The number of likely N-dealkylation sites (N-methyl/N-ethyl adjacent to an activating group) is 2. The molecule has 0 bridgehead atoms. The number of carbonyl (C=O) groups is 2. The van der Waals surface area contributed by atoms with Crippen molar-refractivity contribution in [2.45, 2.75) is 18.9 Å². The Bertz CT molecular complexity index is 1050. The van der Waals surface area contributed by atoms with Gasteiger partial charge >= 0.3 is 0 Å². The van der Waals surface area contributed by atoms with Crippen molar-refractivity contribution in [3.05, 3.63) is 58.9 Å². The number of fused-ring (bicyclic) bond motifs is 1. The monoisotopic (exact) mass is 455 g/mol. The lowest BCUT2D eigenvalue weighted by Crippen LogP contribution is -2.52. The van der Waals surface area contributed by atoms with E-state index in [0.29, 0.717) is 41.3 Å². The van der Waals surface area contributed by atoms with Crippen LogP contribution in [0.1, 0.15) is 40.4 Å². The molecule has 176 valence electrons. The average molecular weight is 456 g/mol. The Morgan fingerprint density at radius 1 is 1.03 bits per heavy atom. The van der Waals surface area contributed by atoms with E-state index in [2.05, 4.69) is 11.8 Å². The molecule has 2 atom stereocenters. The first-order chi connectivity index (χ1) is 15.9. The molecule has 1 saturated heterocycles. The lowest BCUT2D eigenvalue weighted by atomic mass is 9.78. The third-order valence-corrected chi connectivity index (χ3v) is 6.80. The van der Waals surface area contributed by atoms with Gasteiger partial charge in [-0.15, -0.1) is 0 Å². The second kappa shape index (κ2) is 9.39. The number of benzene rings is 2. The highest BCUT2D eigenvalue weighted by molar-refractivity contribution is 6.02. The summed E-state index contributed by atoms with van der Waals surface area (Å²) in [6.07, 6.45) is 0. The molecule has 2 aliphatic rings. The Morgan fingerprint density at radius 2 is 1.67 bits per heavy atom. The summed E-state index contributed by atoms with van der Waals surface area (Å²) in [7, 11) is 4.63. The maximum absolute atomic E-state index is 15.0. The topological polar surface area (TPSA) is 62.3 Å². The van der Waals surface area contributed by atoms with Crippen LogP contribution in [-0.2, 0) is 4.79 Å². The molecule has 7 nitrogen and oxygen atoms in total. The highest BCUT2D eigenvalue weighted by atomic mass is 19.1. The van der Waals surface area contributed by atoms with Gasteiger partial charge in [0, 0.05) is 44.4 Å². The van der Waals surface area contributed by atoms with Crippen molar-refractivity contribution in [1.82, 2.24) is 14.7 Å². The van der Waals surface area contributed by atoms with Crippen LogP contribution < -0.4 is 9.47 Å². The van der Waals surface area contributed by atoms with Crippen LogP contribution in [0, 0.1) is 5.82 Å². The van der Waals surface area contributed by atoms with E-state index in [9.17, 15) is 14.0 Å². The molecule has 0 aromatic heterocycles. The zero-order chi connectivity index (χ0) is 23.7. The van der Waals surface area contributed by atoms with Gasteiger partial charge in [0.1, 0.15) is 5.82 Å². The Kier molecular flexibility index (Phi) is 6.56. The molecule has 4 rings (SSSR count). The molecule has 2 heterocycles. The average Bonchev–Trinajstić information content (AvgIpc) is 2.85. The van der Waals surface area contributed by atoms with Crippen LogP contribution >= 0.6 is 0 Å². The van der Waals surface area contributed by atoms with Crippen LogP contribution in [0.5, 0.6) is 11.5 Å². The van der Waals surface area contributed by atoms with Crippen molar-refractivity contribution in [1.29, 1.82) is 0 Å². The Morgan fingerprint density at radius 3 is 2.27 bits per heavy atom. The number of hydrogen-bond acceptors (Lipinski definition) is 5. The van der Waals surface area contributed by atoms with Gasteiger partial charge in [-0.1, -0.05) is 25.1 Å². The van der Waals surface area contributed by atoms with E-state index in [1.165, 1.54) is 25.2 Å². The van der Waals surface area contributed by atoms with Crippen LogP contribution in [0.4, 0.5) is 4.39 Å². The van der Waals surface area contributed by atoms with E-state index in [-0.39, 0.29) is 11.8 Å². The number of carbonyl (C=O) groups excluding carboxylic acids is 2. The van der Waals surface area contributed by atoms with Crippen molar-refractivity contribution >= 4 is 11.8 Å². The number of halogens is 1. The first-order valence-corrected chi connectivity index (χ1v) is 11.2. The second-order valence-corrected chi connectivity index (χ2v) is 8.41. The number of hydrogen-bond donors (Lipinski definition) is 0. The van der Waals surface area contributed by atoms with E-state index in [0.717, 1.165) is 19.6 Å². The SMILES string of the molecule is CCN1CCN(C(=O)C2c3cc(OC)c(OC)cc3C(=O)N(C)C2c2ccccc2F)CC1. The summed E-state index contributed by atoms with van der Waals surface area (Å²) < 4.78 is 25.8. The normalized spacial score (nSPS) is 21.1. The van der Waals surface area contributed by atoms with E-state index in [1.54, 1.807) is 37.4 Å². The minimum absolute atomic E-state index is 0.119. The molecule has 33 heavy (non-hydrogen) atoms. The molecule has 0 N–H and O–H groups in total. The maximum Gasteiger partial charge on any atom is 0.254 e. The summed E-state index contributed by atoms with van der Waals surface area (Å²) in [6, 6.07) is 8.86. The van der Waals surface area contributed by atoms with Crippen molar-refractivity contribution in [2.24, 2.45) is 0 Å². The zero-order valence-electron chi connectivity index (χ0n) is 19.5. The molecule has 0 saturated carbocycles. The predicted octanol–water partition coefficient (Wildman–Crippen LogP) is 2.92. The van der Waals surface area contributed by atoms with Gasteiger partial charge in [-0.25, -0.2) is 4.39 Å². The molecule has 0 spiro atoms. The molecular formula is C25H30FN3O4. The summed E-state index contributed by atoms with van der Waals surface area (Å²) >= 11 is 0. The summed E-state index contributed by atoms with van der Waals surface area (Å²) in [5.41, 5.74) is 1.22. The lowest BCUT2D eigenvalue weighted by molar-refractivity contribution is -0.136. The zero-order valence-corrected chi connectivity index (χ0v) is 19.5. The van der Waals surface area contributed by atoms with Crippen LogP contribution in [0.3, 0.4) is 0 Å². The molecule has 2 amide bonds. The van der Waals surface area contributed by atoms with Crippen LogP contribution in [0.2, 0.25) is 0 Å². The standard InChI is InChI=1S/C25H30FN3O4/c1-5-28-10-12-29(13-11-28)25(31)22-17-14-20(32-3)21(33-4)15-18(17)24(30)27(2)23(22)16-8-6-7-9-19(16)26/h6-9,14-15,22-23H,5,10-13H2,1-4H3. The summed E-state index contributed by atoms with van der Waals surface area (Å²) in [6.45, 7) is 5.78. The fraction of sp³-hybridized carbons (Fsp3) is 0.440. The van der Waals surface area contributed by atoms with Gasteiger partial charge in [-0.05, 0) is 30.3 Å². The van der Waals surface area contributed by atoms with Crippen LogP contribution in [0.25, 0.3) is 0 Å². The number of methoxy groups -OCH3 is 2. The van der Waals surface area contributed by atoms with Gasteiger partial charge in [0.2, 0.25) is 5.91 Å². The van der Waals surface area contributed by atoms with Crippen molar-refractivity contribution < 1.29 is 23.5 Å². The highest BCUT2D eigenvalue weighted by Gasteiger charge is 2.46. The molecule has 0 radical (unpaired) electrons. The molecule has 2 aliphatic heterocycles. The number of rotatable bonds is 5. The largest absolute Gasteiger partial charge is 0.493 e. The number of amides is 2. The predicted molar refractivity (Wildman–Crippen MR) is 122 cm³/mol. The summed E-state index contributed by atoms with van der Waals surface area (Å²) in [4.78, 5) is 33.0. The molecule has 0 aliphatic carbocycles. The van der Waals surface area contributed by atoms with E-state index >= 15 is 0 Å². The van der Waals surface area contributed by atoms with Gasteiger partial charge in [-0.3, -0.25) is 9.59 Å². The maximum atomic E-state index is 15.0. The molecule has 2 aromatic rings. The highest BCUT2D eigenvalue weighted by Crippen LogP contribution is 2.46. The number of piperazine rings is 1. The first kappa shape index (κ1) is 23.0. The number of ether oxygens (including phenoxy) is 2. The van der Waals surface area contributed by atoms with Gasteiger partial charge in [-0.2, -0.15) is 0 Å². The Balaban J connectivity index is 1.86. The minimum Gasteiger partial charge on any atom is -0.493 e. The molecule has 8 heteroatoms. The molecule has 2 aromatic carbocycles. The van der Waals surface area contributed by atoms with E-state index < -0.39 is 17.8 Å². The van der Waals surface area contributed by atoms with Gasteiger partial charge in [0.25, 0.3) is 5.91 Å². The van der Waals surface area contributed by atoms with E-state index in [4.69, 9.17) is 9.47 Å². The third-order valence-electron chi connectivity index (χ3n) is 6.80. The second-order valence-electron chi connectivity index (χ2n) is 8.41. The first-order valence-electron chi connectivity index (χ1n) is 11.2. The van der Waals surface area contributed by atoms with Crippen LogP contribution in [0.15, 0.2) is 36.4 Å². The Labute approximate surface area is 193 Å². The summed E-state index contributed by atoms with van der Waals surface area (Å²) in [5, 5.41) is 0.